The maximum atomic E-state index is 14.0. The first-order valence-electron chi connectivity index (χ1n) is 13.2. The van der Waals surface area contributed by atoms with Crippen molar-refractivity contribution in [3.8, 4) is 23.3 Å². The van der Waals surface area contributed by atoms with Crippen molar-refractivity contribution in [2.24, 2.45) is 0 Å². The van der Waals surface area contributed by atoms with Gasteiger partial charge in [0.2, 0.25) is 5.91 Å². The number of carbonyl (C=O) groups is 1. The third-order valence-corrected chi connectivity index (χ3v) is 7.90. The van der Waals surface area contributed by atoms with Gasteiger partial charge in [-0.15, -0.1) is 0 Å². The molecule has 7 nitrogen and oxygen atoms in total. The van der Waals surface area contributed by atoms with E-state index in [9.17, 15) is 14.4 Å². The van der Waals surface area contributed by atoms with Crippen LogP contribution in [0.1, 0.15) is 57.6 Å². The van der Waals surface area contributed by atoms with Crippen LogP contribution in [-0.4, -0.2) is 53.0 Å². The number of hydrogen-bond acceptors (Lipinski definition) is 6. The first-order valence-corrected chi connectivity index (χ1v) is 13.2. The Kier molecular flexibility index (Phi) is 7.00. The second kappa shape index (κ2) is 10.1. The molecule has 3 atom stereocenters. The number of nitrogens with one attached hydrogen (secondary N) is 1. The van der Waals surface area contributed by atoms with Crippen LogP contribution in [0.4, 0.5) is 4.39 Å². The number of rotatable bonds is 7. The second-order valence-corrected chi connectivity index (χ2v) is 11.5. The standard InChI is InChI=1S/C30H33FN4O3/c1-29(2,3)38-26-18-37-27(26)35-24-10-12-30(35,13-11-24)28(36)34-23(17-33)14-19-4-6-20(7-5-19)21-8-9-22(16-32)25(31)15-21/h4-9,15,23-24,26-27H,10-14,18H2,1-3H3,(H,34,36). The number of nitriles is 2. The van der Waals surface area contributed by atoms with E-state index in [2.05, 4.69) is 16.3 Å². The predicted octanol–water partition coefficient (Wildman–Crippen LogP) is 4.45. The summed E-state index contributed by atoms with van der Waals surface area (Å²) in [5.74, 6) is -0.668. The van der Waals surface area contributed by atoms with E-state index in [1.54, 1.807) is 6.07 Å². The number of amides is 1. The molecule has 2 aromatic carbocycles. The average molecular weight is 517 g/mol. The molecular weight excluding hydrogens is 483 g/mol. The van der Waals surface area contributed by atoms with Crippen LogP contribution in [-0.2, 0) is 20.7 Å². The number of carbonyl (C=O) groups excluding carboxylic acids is 1. The van der Waals surface area contributed by atoms with Gasteiger partial charge in [-0.25, -0.2) is 4.39 Å². The summed E-state index contributed by atoms with van der Waals surface area (Å²) in [7, 11) is 0. The smallest absolute Gasteiger partial charge is 0.241 e. The highest BCUT2D eigenvalue weighted by Gasteiger charge is 2.62. The van der Waals surface area contributed by atoms with Gasteiger partial charge in [0, 0.05) is 12.5 Å². The minimum Gasteiger partial charge on any atom is -0.366 e. The summed E-state index contributed by atoms with van der Waals surface area (Å²) in [4.78, 5) is 15.9. The molecule has 1 amide bonds. The number of benzene rings is 2. The van der Waals surface area contributed by atoms with Crippen LogP contribution in [0.3, 0.4) is 0 Å². The molecule has 2 aromatic rings. The van der Waals surface area contributed by atoms with Crippen LogP contribution in [0.5, 0.6) is 0 Å². The van der Waals surface area contributed by atoms with E-state index < -0.39 is 17.4 Å². The first kappa shape index (κ1) is 26.3. The fraction of sp³-hybridized carbons (Fsp3) is 0.500. The van der Waals surface area contributed by atoms with Gasteiger partial charge < -0.3 is 14.8 Å². The summed E-state index contributed by atoms with van der Waals surface area (Å²) in [5, 5.41) is 21.8. The molecule has 3 fully saturated rings. The van der Waals surface area contributed by atoms with E-state index in [-0.39, 0.29) is 35.4 Å². The van der Waals surface area contributed by atoms with Crippen LogP contribution in [0.2, 0.25) is 0 Å². The van der Waals surface area contributed by atoms with Crippen LogP contribution >= 0.6 is 0 Å². The fourth-order valence-corrected chi connectivity index (χ4v) is 6.10. The predicted molar refractivity (Wildman–Crippen MR) is 139 cm³/mol. The van der Waals surface area contributed by atoms with Crippen molar-refractivity contribution >= 4 is 5.91 Å². The minimum absolute atomic E-state index is 0.00738. The van der Waals surface area contributed by atoms with E-state index in [1.165, 1.54) is 12.1 Å². The van der Waals surface area contributed by atoms with Gasteiger partial charge in [0.1, 0.15) is 35.8 Å². The molecule has 0 aliphatic carbocycles. The summed E-state index contributed by atoms with van der Waals surface area (Å²) >= 11 is 0. The summed E-state index contributed by atoms with van der Waals surface area (Å²) in [6.45, 7) is 6.59. The third kappa shape index (κ3) is 4.92. The Hall–Kier alpha value is -3.30. The molecule has 5 rings (SSSR count). The van der Waals surface area contributed by atoms with Gasteiger partial charge in [-0.1, -0.05) is 30.3 Å². The van der Waals surface area contributed by atoms with Crippen LogP contribution < -0.4 is 5.32 Å². The van der Waals surface area contributed by atoms with E-state index in [4.69, 9.17) is 14.7 Å². The largest absolute Gasteiger partial charge is 0.366 e. The van der Waals surface area contributed by atoms with Crippen LogP contribution in [0, 0.1) is 28.5 Å². The Balaban J connectivity index is 1.26. The molecule has 8 heteroatoms. The topological polar surface area (TPSA) is 98.4 Å². The fourth-order valence-electron chi connectivity index (χ4n) is 6.10. The van der Waals surface area contributed by atoms with Crippen LogP contribution in [0.25, 0.3) is 11.1 Å². The van der Waals surface area contributed by atoms with Crippen molar-refractivity contribution in [1.82, 2.24) is 10.2 Å². The number of ether oxygens (including phenoxy) is 2. The molecule has 3 saturated heterocycles. The van der Waals surface area contributed by atoms with Gasteiger partial charge in [-0.2, -0.15) is 10.5 Å². The molecule has 2 bridgehead atoms. The molecule has 0 radical (unpaired) electrons. The Bertz CT molecular complexity index is 1280. The lowest BCUT2D eigenvalue weighted by Gasteiger charge is -2.49. The lowest BCUT2D eigenvalue weighted by Crippen LogP contribution is -2.66. The molecule has 3 heterocycles. The molecule has 1 N–H and O–H groups in total. The van der Waals surface area contributed by atoms with Crippen molar-refractivity contribution in [3.05, 3.63) is 59.4 Å². The van der Waals surface area contributed by atoms with Crippen molar-refractivity contribution < 1.29 is 18.7 Å². The molecule has 0 aromatic heterocycles. The van der Waals surface area contributed by atoms with Gasteiger partial charge in [-0.3, -0.25) is 9.69 Å². The van der Waals surface area contributed by atoms with Crippen molar-refractivity contribution in [1.29, 1.82) is 10.5 Å². The molecular formula is C30H33FN4O3. The zero-order chi connectivity index (χ0) is 27.1. The van der Waals surface area contributed by atoms with E-state index in [0.717, 1.165) is 36.8 Å². The molecule has 0 saturated carbocycles. The van der Waals surface area contributed by atoms with Gasteiger partial charge >= 0.3 is 0 Å². The normalized spacial score (nSPS) is 27.3. The summed E-state index contributed by atoms with van der Waals surface area (Å²) in [5.41, 5.74) is 1.40. The van der Waals surface area contributed by atoms with Gasteiger partial charge in [0.05, 0.1) is 23.8 Å². The number of halogens is 1. The van der Waals surface area contributed by atoms with Crippen LogP contribution in [0.15, 0.2) is 42.5 Å². The van der Waals surface area contributed by atoms with E-state index in [0.29, 0.717) is 18.6 Å². The monoisotopic (exact) mass is 516 g/mol. The maximum Gasteiger partial charge on any atom is 0.241 e. The Morgan fingerprint density at radius 1 is 1.18 bits per heavy atom. The Morgan fingerprint density at radius 3 is 2.42 bits per heavy atom. The average Bonchev–Trinajstić information content (AvgIpc) is 3.42. The first-order chi connectivity index (χ1) is 18.1. The van der Waals surface area contributed by atoms with E-state index in [1.807, 2.05) is 51.1 Å². The summed E-state index contributed by atoms with van der Waals surface area (Å²) in [6.07, 6.45) is 3.42. The highest BCUT2D eigenvalue weighted by Crippen LogP contribution is 2.50. The number of fused-ring (bicyclic) bond motifs is 2. The van der Waals surface area contributed by atoms with Crippen molar-refractivity contribution in [2.75, 3.05) is 6.61 Å². The molecule has 3 unspecified atom stereocenters. The third-order valence-electron chi connectivity index (χ3n) is 7.90. The van der Waals surface area contributed by atoms with E-state index >= 15 is 0 Å². The molecule has 3 aliphatic heterocycles. The Labute approximate surface area is 223 Å². The highest BCUT2D eigenvalue weighted by molar-refractivity contribution is 5.88. The van der Waals surface area contributed by atoms with Gasteiger partial charge in [0.15, 0.2) is 0 Å². The second-order valence-electron chi connectivity index (χ2n) is 11.5. The summed E-state index contributed by atoms with van der Waals surface area (Å²) < 4.78 is 26.2. The molecule has 3 aliphatic rings. The van der Waals surface area contributed by atoms with Crippen molar-refractivity contribution in [2.45, 2.75) is 88.4 Å². The maximum absolute atomic E-state index is 14.0. The quantitative estimate of drug-likeness (QED) is 0.584. The summed E-state index contributed by atoms with van der Waals surface area (Å²) in [6, 6.07) is 15.7. The Morgan fingerprint density at radius 2 is 1.87 bits per heavy atom. The SMILES string of the molecule is CC(C)(C)OC1COC1N1C2CCC1(C(=O)NC(C#N)Cc1ccc(-c3ccc(C#N)c(F)c3)cc1)CC2. The molecule has 198 valence electrons. The molecule has 0 spiro atoms. The highest BCUT2D eigenvalue weighted by atomic mass is 19.1. The lowest BCUT2D eigenvalue weighted by molar-refractivity contribution is -0.279. The van der Waals surface area contributed by atoms with Crippen molar-refractivity contribution in [3.63, 3.8) is 0 Å². The lowest BCUT2D eigenvalue weighted by atomic mass is 9.86. The van der Waals surface area contributed by atoms with Gasteiger partial charge in [0.25, 0.3) is 0 Å². The van der Waals surface area contributed by atoms with Gasteiger partial charge in [-0.05, 0) is 75.3 Å². The zero-order valence-corrected chi connectivity index (χ0v) is 22.0. The number of hydrogen-bond donors (Lipinski definition) is 1. The number of nitrogens with zero attached hydrogens (tertiary/aromatic N) is 3. The zero-order valence-electron chi connectivity index (χ0n) is 22.0. The minimum atomic E-state index is -0.680. The molecule has 38 heavy (non-hydrogen) atoms.